The fraction of sp³-hybridized carbons (Fsp3) is 0.636. The van der Waals surface area contributed by atoms with E-state index in [9.17, 15) is 10.2 Å². The van der Waals surface area contributed by atoms with Crippen molar-refractivity contribution in [1.29, 1.82) is 0 Å². The molecule has 0 unspecified atom stereocenters. The molecule has 1 saturated heterocycles. The summed E-state index contributed by atoms with van der Waals surface area (Å²) in [6, 6.07) is 9.76. The molecule has 0 aromatic heterocycles. The molecule has 154 valence electrons. The van der Waals surface area contributed by atoms with Crippen LogP contribution in [0.5, 0.6) is 0 Å². The Hall–Kier alpha value is -1.28. The van der Waals surface area contributed by atoms with E-state index >= 15 is 0 Å². The van der Waals surface area contributed by atoms with E-state index in [0.29, 0.717) is 6.61 Å². The predicted molar refractivity (Wildman–Crippen MR) is 103 cm³/mol. The maximum Gasteiger partial charge on any atom is 0.169 e. The molecule has 1 heterocycles. The van der Waals surface area contributed by atoms with Gasteiger partial charge in [0.2, 0.25) is 0 Å². The summed E-state index contributed by atoms with van der Waals surface area (Å²) in [4.78, 5) is 0. The van der Waals surface area contributed by atoms with Gasteiger partial charge in [0.15, 0.2) is 5.79 Å². The minimum atomic E-state index is -1.12. The lowest BCUT2D eigenvalue weighted by Crippen LogP contribution is -2.64. The SMILES string of the molecule is C=CCO[C@H]1[C@H](O)[C@@H](O)[C@H](OCc2ccccc2)[C@@H]2OC3(CCCCC3)O[C@@H]21. The Morgan fingerprint density at radius 2 is 1.57 bits per heavy atom. The Bertz CT molecular complexity index is 644. The Kier molecular flexibility index (Phi) is 6.16. The molecule has 6 heteroatoms. The molecule has 28 heavy (non-hydrogen) atoms. The molecule has 0 amide bonds. The van der Waals surface area contributed by atoms with E-state index < -0.39 is 42.4 Å². The Morgan fingerprint density at radius 1 is 0.964 bits per heavy atom. The summed E-state index contributed by atoms with van der Waals surface area (Å²) in [5.74, 6) is -0.665. The summed E-state index contributed by atoms with van der Waals surface area (Å²) in [5, 5.41) is 21.5. The average molecular weight is 390 g/mol. The van der Waals surface area contributed by atoms with Crippen molar-refractivity contribution in [2.45, 2.75) is 81.1 Å². The maximum absolute atomic E-state index is 10.8. The summed E-state index contributed by atoms with van der Waals surface area (Å²) < 4.78 is 24.6. The first-order valence-electron chi connectivity index (χ1n) is 10.2. The molecule has 1 spiro atoms. The van der Waals surface area contributed by atoms with Crippen LogP contribution in [0.2, 0.25) is 0 Å². The van der Waals surface area contributed by atoms with Crippen molar-refractivity contribution < 1.29 is 29.2 Å². The molecule has 0 bridgehead atoms. The highest BCUT2D eigenvalue weighted by Crippen LogP contribution is 2.46. The Labute approximate surface area is 166 Å². The standard InChI is InChI=1S/C22H30O6/c1-2-13-25-18-16(23)17(24)19(26-14-15-9-5-3-6-10-15)21-20(18)27-22(28-21)11-7-4-8-12-22/h2-3,5-6,9-10,16-21,23-24H,1,4,7-8,11-14H2/t16-,17-,18+,19+,20-,21+/m1/s1. The largest absolute Gasteiger partial charge is 0.387 e. The highest BCUT2D eigenvalue weighted by atomic mass is 16.8. The van der Waals surface area contributed by atoms with Gasteiger partial charge in [-0.15, -0.1) is 6.58 Å². The highest BCUT2D eigenvalue weighted by Gasteiger charge is 2.61. The molecular formula is C22H30O6. The van der Waals surface area contributed by atoms with Crippen molar-refractivity contribution in [3.63, 3.8) is 0 Å². The van der Waals surface area contributed by atoms with Crippen LogP contribution in [0.1, 0.15) is 37.7 Å². The van der Waals surface area contributed by atoms with Gasteiger partial charge in [-0.05, 0) is 18.4 Å². The van der Waals surface area contributed by atoms with Gasteiger partial charge in [-0.3, -0.25) is 0 Å². The van der Waals surface area contributed by atoms with Crippen LogP contribution in [-0.4, -0.2) is 59.2 Å². The summed E-state index contributed by atoms with van der Waals surface area (Å²) in [7, 11) is 0. The fourth-order valence-electron chi connectivity index (χ4n) is 4.60. The smallest absolute Gasteiger partial charge is 0.169 e. The molecule has 4 rings (SSSR count). The predicted octanol–water partition coefficient (Wildman–Crippen LogP) is 2.32. The number of hydrogen-bond acceptors (Lipinski definition) is 6. The summed E-state index contributed by atoms with van der Waals surface area (Å²) >= 11 is 0. The third kappa shape index (κ3) is 3.90. The molecular weight excluding hydrogens is 360 g/mol. The van der Waals surface area contributed by atoms with E-state index in [0.717, 1.165) is 31.2 Å². The van der Waals surface area contributed by atoms with E-state index in [1.165, 1.54) is 6.42 Å². The third-order valence-electron chi connectivity index (χ3n) is 6.00. The molecule has 1 aliphatic heterocycles. The van der Waals surface area contributed by atoms with Crippen LogP contribution in [-0.2, 0) is 25.6 Å². The van der Waals surface area contributed by atoms with Crippen LogP contribution in [0.15, 0.2) is 43.0 Å². The van der Waals surface area contributed by atoms with Crippen molar-refractivity contribution in [1.82, 2.24) is 0 Å². The van der Waals surface area contributed by atoms with E-state index in [4.69, 9.17) is 18.9 Å². The summed E-state index contributed by atoms with van der Waals surface area (Å²) in [5.41, 5.74) is 0.997. The first-order valence-corrected chi connectivity index (χ1v) is 10.2. The molecule has 0 radical (unpaired) electrons. The first-order chi connectivity index (χ1) is 13.6. The second-order valence-corrected chi connectivity index (χ2v) is 7.97. The fourth-order valence-corrected chi connectivity index (χ4v) is 4.60. The zero-order valence-electron chi connectivity index (χ0n) is 16.1. The van der Waals surface area contributed by atoms with Crippen molar-refractivity contribution >= 4 is 0 Å². The Balaban J connectivity index is 1.55. The number of benzene rings is 1. The van der Waals surface area contributed by atoms with E-state index in [1.54, 1.807) is 6.08 Å². The van der Waals surface area contributed by atoms with E-state index in [2.05, 4.69) is 6.58 Å². The number of rotatable bonds is 6. The maximum atomic E-state index is 10.8. The number of aliphatic hydroxyl groups is 2. The van der Waals surface area contributed by atoms with Gasteiger partial charge in [0, 0.05) is 12.8 Å². The van der Waals surface area contributed by atoms with Crippen molar-refractivity contribution in [2.75, 3.05) is 6.61 Å². The van der Waals surface area contributed by atoms with Crippen molar-refractivity contribution in [3.8, 4) is 0 Å². The number of fused-ring (bicyclic) bond motifs is 1. The molecule has 3 fully saturated rings. The van der Waals surface area contributed by atoms with E-state index in [1.807, 2.05) is 30.3 Å². The van der Waals surface area contributed by atoms with E-state index in [-0.39, 0.29) is 6.61 Å². The molecule has 2 saturated carbocycles. The van der Waals surface area contributed by atoms with Gasteiger partial charge >= 0.3 is 0 Å². The van der Waals surface area contributed by atoms with Gasteiger partial charge in [-0.1, -0.05) is 42.8 Å². The van der Waals surface area contributed by atoms with Gasteiger partial charge < -0.3 is 29.2 Å². The van der Waals surface area contributed by atoms with Crippen LogP contribution < -0.4 is 0 Å². The molecule has 3 aliphatic rings. The Morgan fingerprint density at radius 3 is 2.18 bits per heavy atom. The lowest BCUT2D eigenvalue weighted by molar-refractivity contribution is -0.219. The third-order valence-corrected chi connectivity index (χ3v) is 6.00. The van der Waals surface area contributed by atoms with Crippen molar-refractivity contribution in [3.05, 3.63) is 48.6 Å². The van der Waals surface area contributed by atoms with Gasteiger partial charge in [0.05, 0.1) is 13.2 Å². The zero-order valence-corrected chi connectivity index (χ0v) is 16.1. The van der Waals surface area contributed by atoms with Gasteiger partial charge in [-0.2, -0.15) is 0 Å². The molecule has 2 aliphatic carbocycles. The summed E-state index contributed by atoms with van der Waals surface area (Å²) in [6.07, 6.45) is 1.89. The van der Waals surface area contributed by atoms with Gasteiger partial charge in [-0.25, -0.2) is 0 Å². The molecule has 1 aromatic carbocycles. The lowest BCUT2D eigenvalue weighted by Gasteiger charge is -2.42. The molecule has 2 N–H and O–H groups in total. The number of ether oxygens (including phenoxy) is 4. The highest BCUT2D eigenvalue weighted by molar-refractivity contribution is 5.14. The lowest BCUT2D eigenvalue weighted by atomic mass is 9.84. The number of hydrogen-bond donors (Lipinski definition) is 2. The number of aliphatic hydroxyl groups excluding tert-OH is 2. The van der Waals surface area contributed by atoms with Crippen LogP contribution in [0, 0.1) is 0 Å². The molecule has 6 atom stereocenters. The molecule has 1 aromatic rings. The van der Waals surface area contributed by atoms with Gasteiger partial charge in [0.25, 0.3) is 0 Å². The minimum absolute atomic E-state index is 0.267. The molecule has 6 nitrogen and oxygen atoms in total. The normalized spacial score (nSPS) is 36.9. The van der Waals surface area contributed by atoms with Crippen LogP contribution in [0.3, 0.4) is 0 Å². The van der Waals surface area contributed by atoms with Crippen LogP contribution in [0.25, 0.3) is 0 Å². The van der Waals surface area contributed by atoms with Crippen LogP contribution in [0.4, 0.5) is 0 Å². The quantitative estimate of drug-likeness (QED) is 0.726. The zero-order chi connectivity index (χ0) is 19.6. The average Bonchev–Trinajstić information content (AvgIpc) is 3.07. The van der Waals surface area contributed by atoms with Crippen molar-refractivity contribution in [2.24, 2.45) is 0 Å². The first kappa shape index (κ1) is 20.0. The second-order valence-electron chi connectivity index (χ2n) is 7.97. The minimum Gasteiger partial charge on any atom is -0.387 e. The van der Waals surface area contributed by atoms with Crippen LogP contribution >= 0.6 is 0 Å². The second kappa shape index (κ2) is 8.61. The topological polar surface area (TPSA) is 77.4 Å². The van der Waals surface area contributed by atoms with Gasteiger partial charge in [0.1, 0.15) is 36.6 Å². The monoisotopic (exact) mass is 390 g/mol. The summed E-state index contributed by atoms with van der Waals surface area (Å²) in [6.45, 7) is 4.26.